The van der Waals surface area contributed by atoms with E-state index in [-0.39, 0.29) is 33.7 Å². The molecule has 1 aromatic carbocycles. The maximum absolute atomic E-state index is 12.4. The Labute approximate surface area is 249 Å². The van der Waals surface area contributed by atoms with Gasteiger partial charge in [-0.25, -0.2) is 14.6 Å². The number of fused-ring (bicyclic) bond motifs is 1. The van der Waals surface area contributed by atoms with Crippen molar-refractivity contribution in [3.63, 3.8) is 0 Å². The number of rotatable bonds is 12. The summed E-state index contributed by atoms with van der Waals surface area (Å²) < 4.78 is 11.7. The number of methoxy groups -OCH3 is 1. The van der Waals surface area contributed by atoms with E-state index in [0.29, 0.717) is 18.7 Å². The van der Waals surface area contributed by atoms with Crippen molar-refractivity contribution in [1.82, 2.24) is 19.5 Å². The number of benzene rings is 1. The van der Waals surface area contributed by atoms with Crippen LogP contribution in [0.25, 0.3) is 11.2 Å². The fourth-order valence-corrected chi connectivity index (χ4v) is 4.98. The molecule has 0 radical (unpaired) electrons. The molecule has 4 rings (SSSR count). The van der Waals surface area contributed by atoms with Crippen LogP contribution in [0, 0.1) is 12.3 Å². The number of aromatic nitrogens is 4. The highest BCUT2D eigenvalue weighted by atomic mass is 35.5. The molecule has 0 bridgehead atoms. The van der Waals surface area contributed by atoms with E-state index in [2.05, 4.69) is 15.0 Å². The summed E-state index contributed by atoms with van der Waals surface area (Å²) in [5, 5.41) is 42.3. The molecule has 3 heterocycles. The van der Waals surface area contributed by atoms with Gasteiger partial charge in [0.05, 0.1) is 12.9 Å². The smallest absolute Gasteiger partial charge is 0.348 e. The number of nitrogens with zero attached hydrogens (tertiary/aromatic N) is 5. The van der Waals surface area contributed by atoms with Crippen LogP contribution in [-0.2, 0) is 30.3 Å². The second kappa shape index (κ2) is 12.5. The number of piperidine rings is 1. The van der Waals surface area contributed by atoms with E-state index in [1.54, 1.807) is 17.0 Å². The molecule has 43 heavy (non-hydrogen) atoms. The molecule has 1 saturated heterocycles. The first kappa shape index (κ1) is 31.6. The van der Waals surface area contributed by atoms with Crippen molar-refractivity contribution in [2.75, 3.05) is 30.9 Å². The Balaban J connectivity index is 1.59. The Hall–Kier alpha value is -4.33. The number of hydrogen-bond acceptors (Lipinski definition) is 11. The molecular formula is C27H29ClN6O9. The largest absolute Gasteiger partial charge is 0.479 e. The van der Waals surface area contributed by atoms with E-state index in [9.17, 15) is 34.8 Å². The van der Waals surface area contributed by atoms with E-state index in [4.69, 9.17) is 33.2 Å². The quantitative estimate of drug-likeness (QED) is 0.107. The minimum atomic E-state index is -2.85. The van der Waals surface area contributed by atoms with Crippen LogP contribution >= 0.6 is 11.6 Å². The normalized spacial score (nSPS) is 16.8. The monoisotopic (exact) mass is 616 g/mol. The van der Waals surface area contributed by atoms with Crippen molar-refractivity contribution in [2.24, 2.45) is 0 Å². The van der Waals surface area contributed by atoms with E-state index in [0.717, 1.165) is 30.8 Å². The molecule has 15 nitrogen and oxygen atoms in total. The zero-order chi connectivity index (χ0) is 31.5. The molecule has 3 atom stereocenters. The van der Waals surface area contributed by atoms with Gasteiger partial charge in [-0.2, -0.15) is 9.97 Å². The predicted octanol–water partition coefficient (Wildman–Crippen LogP) is 0.616. The zero-order valence-corrected chi connectivity index (χ0v) is 23.6. The molecule has 16 heteroatoms. The van der Waals surface area contributed by atoms with E-state index in [1.807, 2.05) is 5.92 Å². The van der Waals surface area contributed by atoms with Gasteiger partial charge in [-0.3, -0.25) is 9.36 Å². The lowest BCUT2D eigenvalue weighted by atomic mass is 9.92. The Bertz CT molecular complexity index is 1560. The summed E-state index contributed by atoms with van der Waals surface area (Å²) in [6, 6.07) is 6.19. The molecule has 3 aromatic rings. The number of carbonyl (C=O) groups excluding carboxylic acids is 1. The SMILES string of the molecule is C#C[C@@](O)([C@@H](COC(Cc1ccc(N2CCCCC2=O)cc1)(C(=O)O)C(=O)O)OC)[C@@H](O)n1cnc2c(N)nc(Cl)nc21. The van der Waals surface area contributed by atoms with E-state index < -0.39 is 48.5 Å². The first-order chi connectivity index (χ1) is 20.4. The van der Waals surface area contributed by atoms with Gasteiger partial charge < -0.3 is 40.5 Å². The lowest BCUT2D eigenvalue weighted by molar-refractivity contribution is -0.202. The molecule has 0 unspecified atom stereocenters. The van der Waals surface area contributed by atoms with Crippen molar-refractivity contribution >= 4 is 52.1 Å². The lowest BCUT2D eigenvalue weighted by Crippen LogP contribution is -2.56. The minimum Gasteiger partial charge on any atom is -0.479 e. The zero-order valence-electron chi connectivity index (χ0n) is 22.9. The Morgan fingerprint density at radius 1 is 1.21 bits per heavy atom. The van der Waals surface area contributed by atoms with Crippen molar-refractivity contribution in [2.45, 2.75) is 49.2 Å². The number of terminal acetylenes is 1. The van der Waals surface area contributed by atoms with Crippen LogP contribution < -0.4 is 10.6 Å². The fraction of sp³-hybridized carbons (Fsp3) is 0.407. The van der Waals surface area contributed by atoms with Gasteiger partial charge >= 0.3 is 11.9 Å². The van der Waals surface area contributed by atoms with Crippen LogP contribution in [0.5, 0.6) is 0 Å². The Morgan fingerprint density at radius 3 is 2.47 bits per heavy atom. The number of nitrogens with two attached hydrogens (primary N) is 1. The first-order valence-corrected chi connectivity index (χ1v) is 13.3. The Kier molecular flexibility index (Phi) is 9.18. The highest BCUT2D eigenvalue weighted by Gasteiger charge is 2.51. The Morgan fingerprint density at radius 2 is 1.88 bits per heavy atom. The third kappa shape index (κ3) is 5.96. The minimum absolute atomic E-state index is 0.0377. The number of aliphatic hydroxyl groups is 2. The number of aliphatic hydroxyl groups excluding tert-OH is 1. The number of hydrogen-bond donors (Lipinski definition) is 5. The molecule has 0 spiro atoms. The summed E-state index contributed by atoms with van der Waals surface area (Å²) >= 11 is 5.87. The van der Waals surface area contributed by atoms with Gasteiger partial charge in [0.1, 0.15) is 11.6 Å². The topological polar surface area (TPSA) is 223 Å². The third-order valence-corrected chi connectivity index (χ3v) is 7.45. The van der Waals surface area contributed by atoms with Crippen molar-refractivity contribution in [3.8, 4) is 12.3 Å². The van der Waals surface area contributed by atoms with E-state index >= 15 is 0 Å². The summed E-state index contributed by atoms with van der Waals surface area (Å²) in [6.07, 6.45) is 4.37. The number of carbonyl (C=O) groups is 3. The predicted molar refractivity (Wildman–Crippen MR) is 151 cm³/mol. The van der Waals surface area contributed by atoms with Crippen LogP contribution in [-0.4, -0.2) is 95.4 Å². The lowest BCUT2D eigenvalue weighted by Gasteiger charge is -2.36. The maximum Gasteiger partial charge on any atom is 0.348 e. The molecule has 1 amide bonds. The van der Waals surface area contributed by atoms with Gasteiger partial charge in [0, 0.05) is 32.2 Å². The summed E-state index contributed by atoms with van der Waals surface area (Å²) in [4.78, 5) is 50.3. The summed E-state index contributed by atoms with van der Waals surface area (Å²) in [6.45, 7) is -0.349. The number of halogens is 1. The summed E-state index contributed by atoms with van der Waals surface area (Å²) in [7, 11) is 1.09. The first-order valence-electron chi connectivity index (χ1n) is 12.9. The molecule has 0 aliphatic carbocycles. The van der Waals surface area contributed by atoms with Crippen LogP contribution in [0.3, 0.4) is 0 Å². The van der Waals surface area contributed by atoms with Crippen molar-refractivity contribution in [3.05, 3.63) is 41.4 Å². The molecule has 228 valence electrons. The van der Waals surface area contributed by atoms with Crippen LogP contribution in [0.2, 0.25) is 5.28 Å². The molecule has 6 N–H and O–H groups in total. The molecule has 1 aliphatic heterocycles. The van der Waals surface area contributed by atoms with Crippen LogP contribution in [0.4, 0.5) is 11.5 Å². The molecule has 1 aliphatic rings. The van der Waals surface area contributed by atoms with Gasteiger partial charge in [-0.05, 0) is 42.1 Å². The summed E-state index contributed by atoms with van der Waals surface area (Å²) in [5.41, 5.74) is 1.13. The number of nitrogen functional groups attached to an aromatic ring is 1. The third-order valence-electron chi connectivity index (χ3n) is 7.28. The number of ether oxygens (including phenoxy) is 2. The van der Waals surface area contributed by atoms with Gasteiger partial charge in [0.2, 0.25) is 11.2 Å². The average molecular weight is 617 g/mol. The van der Waals surface area contributed by atoms with Gasteiger partial charge in [0.25, 0.3) is 5.60 Å². The number of aliphatic carboxylic acids is 2. The fourth-order valence-electron chi connectivity index (χ4n) is 4.81. The molecular weight excluding hydrogens is 588 g/mol. The standard InChI is InChI=1S/C27H29ClN6O9/c1-3-26(41,22(36)34-14-30-19-20(29)31-25(28)32-21(19)34)17(42-2)13-43-27(23(37)38,24(39)40)12-15-7-9-16(10-8-15)33-11-5-4-6-18(33)35/h1,7-10,14,17,22,36,41H,4-6,11-13H2,2H3,(H,37,38)(H,39,40)(H2,29,31,32)/t17-,22-,26-/m1/s1. The van der Waals surface area contributed by atoms with Crippen LogP contribution in [0.15, 0.2) is 30.6 Å². The number of carboxylic acids is 2. The second-order valence-electron chi connectivity index (χ2n) is 9.86. The molecule has 2 aromatic heterocycles. The second-order valence-corrected chi connectivity index (χ2v) is 10.2. The van der Waals surface area contributed by atoms with Gasteiger partial charge in [0.15, 0.2) is 23.3 Å². The number of imidazole rings is 1. The average Bonchev–Trinajstić information content (AvgIpc) is 3.40. The number of carboxylic acid groups (broad SMARTS) is 2. The highest BCUT2D eigenvalue weighted by Crippen LogP contribution is 2.32. The van der Waals surface area contributed by atoms with E-state index in [1.165, 1.54) is 12.1 Å². The van der Waals surface area contributed by atoms with Gasteiger partial charge in [-0.1, -0.05) is 18.1 Å². The van der Waals surface area contributed by atoms with Crippen molar-refractivity contribution in [1.29, 1.82) is 0 Å². The van der Waals surface area contributed by atoms with Crippen molar-refractivity contribution < 1.29 is 44.3 Å². The van der Waals surface area contributed by atoms with Crippen LogP contribution in [0.1, 0.15) is 31.1 Å². The number of amides is 1. The molecule has 0 saturated carbocycles. The summed E-state index contributed by atoms with van der Waals surface area (Å²) in [5.74, 6) is -1.81. The highest BCUT2D eigenvalue weighted by molar-refractivity contribution is 6.28. The number of anilines is 2. The maximum atomic E-state index is 12.4. The van der Waals surface area contributed by atoms with Gasteiger partial charge in [-0.15, -0.1) is 6.42 Å². The molecule has 1 fully saturated rings.